The van der Waals surface area contributed by atoms with Crippen LogP contribution in [0.1, 0.15) is 56.3 Å². The molecule has 1 aliphatic heterocycles. The number of aliphatic imine (C=N–C) groups is 1. The molecule has 1 aliphatic rings. The highest BCUT2D eigenvalue weighted by molar-refractivity contribution is 5.97. The molecule has 1 atom stereocenters. The molecule has 1 amide bonds. The van der Waals surface area contributed by atoms with Gasteiger partial charge in [0.05, 0.1) is 13.2 Å². The molecule has 6 heteroatoms. The fourth-order valence-electron chi connectivity index (χ4n) is 4.77. The van der Waals surface area contributed by atoms with Crippen molar-refractivity contribution < 1.29 is 9.53 Å². The molecular weight excluding hydrogens is 448 g/mol. The van der Waals surface area contributed by atoms with Gasteiger partial charge in [-0.25, -0.2) is 0 Å². The first-order valence-electron chi connectivity index (χ1n) is 13.4. The van der Waals surface area contributed by atoms with Crippen LogP contribution in [0.25, 0.3) is 22.0 Å². The lowest BCUT2D eigenvalue weighted by Gasteiger charge is -2.21. The summed E-state index contributed by atoms with van der Waals surface area (Å²) in [5, 5.41) is 1.16. The summed E-state index contributed by atoms with van der Waals surface area (Å²) in [6, 6.07) is 14.6. The quantitative estimate of drug-likeness (QED) is 0.335. The van der Waals surface area contributed by atoms with Gasteiger partial charge < -0.3 is 19.5 Å². The van der Waals surface area contributed by atoms with Crippen molar-refractivity contribution >= 4 is 23.0 Å². The summed E-state index contributed by atoms with van der Waals surface area (Å²) in [5.41, 5.74) is 3.88. The topological polar surface area (TPSA) is 60.9 Å². The van der Waals surface area contributed by atoms with Crippen LogP contribution in [-0.2, 0) is 0 Å². The highest BCUT2D eigenvalue weighted by Crippen LogP contribution is 2.33. The monoisotopic (exact) mass is 488 g/mol. The second-order valence-corrected chi connectivity index (χ2v) is 9.92. The molecule has 0 aliphatic carbocycles. The van der Waals surface area contributed by atoms with Crippen LogP contribution in [0.5, 0.6) is 5.75 Å². The SMILES string of the molecule is CCCN(C)CCCCCOc1cc(C(=O)N2CC=N[C@@H](C)CC2)ccc1-c1ccc2[nH]ccc2c1. The number of benzene rings is 2. The zero-order chi connectivity index (χ0) is 25.3. The highest BCUT2D eigenvalue weighted by Gasteiger charge is 2.20. The summed E-state index contributed by atoms with van der Waals surface area (Å²) in [6.07, 6.45) is 9.19. The Morgan fingerprint density at radius 1 is 1.14 bits per heavy atom. The zero-order valence-corrected chi connectivity index (χ0v) is 22.0. The number of rotatable bonds is 11. The van der Waals surface area contributed by atoms with Crippen molar-refractivity contribution in [2.24, 2.45) is 4.99 Å². The first-order valence-corrected chi connectivity index (χ1v) is 13.4. The number of hydrogen-bond acceptors (Lipinski definition) is 4. The summed E-state index contributed by atoms with van der Waals surface area (Å²) in [6.45, 7) is 8.49. The molecule has 0 saturated heterocycles. The van der Waals surface area contributed by atoms with E-state index < -0.39 is 0 Å². The van der Waals surface area contributed by atoms with Crippen LogP contribution in [0.15, 0.2) is 53.7 Å². The summed E-state index contributed by atoms with van der Waals surface area (Å²) in [7, 11) is 2.19. The predicted molar refractivity (Wildman–Crippen MR) is 149 cm³/mol. The van der Waals surface area contributed by atoms with Gasteiger partial charge in [-0.05, 0) is 107 Å². The molecule has 0 spiro atoms. The van der Waals surface area contributed by atoms with Gasteiger partial charge in [-0.1, -0.05) is 13.0 Å². The van der Waals surface area contributed by atoms with E-state index in [-0.39, 0.29) is 11.9 Å². The summed E-state index contributed by atoms with van der Waals surface area (Å²) in [5.74, 6) is 0.808. The number of carbonyl (C=O) groups excluding carboxylic acids is 1. The van der Waals surface area contributed by atoms with E-state index in [1.54, 1.807) is 0 Å². The fourth-order valence-corrected chi connectivity index (χ4v) is 4.77. The molecule has 1 aromatic heterocycles. The first-order chi connectivity index (χ1) is 17.5. The maximum absolute atomic E-state index is 13.3. The number of H-pyrrole nitrogens is 1. The minimum Gasteiger partial charge on any atom is -0.493 e. The molecule has 0 fully saturated rings. The third-order valence-electron chi connectivity index (χ3n) is 6.91. The van der Waals surface area contributed by atoms with Crippen molar-refractivity contribution in [2.75, 3.05) is 39.8 Å². The largest absolute Gasteiger partial charge is 0.493 e. The third-order valence-corrected chi connectivity index (χ3v) is 6.91. The second-order valence-electron chi connectivity index (χ2n) is 9.92. The van der Waals surface area contributed by atoms with Crippen molar-refractivity contribution in [1.82, 2.24) is 14.8 Å². The van der Waals surface area contributed by atoms with Crippen LogP contribution in [0.2, 0.25) is 0 Å². The van der Waals surface area contributed by atoms with Gasteiger partial charge in [-0.15, -0.1) is 0 Å². The van der Waals surface area contributed by atoms with E-state index in [2.05, 4.69) is 60.0 Å². The number of carbonyl (C=O) groups is 1. The Balaban J connectivity index is 1.49. The molecule has 36 heavy (non-hydrogen) atoms. The van der Waals surface area contributed by atoms with Crippen LogP contribution in [-0.4, -0.2) is 72.8 Å². The van der Waals surface area contributed by atoms with E-state index in [4.69, 9.17) is 4.74 Å². The minimum atomic E-state index is 0.0343. The molecular formula is C30H40N4O2. The van der Waals surface area contributed by atoms with Gasteiger partial charge in [0.25, 0.3) is 5.91 Å². The van der Waals surface area contributed by atoms with Crippen LogP contribution < -0.4 is 4.74 Å². The minimum absolute atomic E-state index is 0.0343. The zero-order valence-electron chi connectivity index (χ0n) is 22.0. The molecule has 0 unspecified atom stereocenters. The van der Waals surface area contributed by atoms with Crippen molar-refractivity contribution in [3.05, 3.63) is 54.2 Å². The Hall–Kier alpha value is -3.12. The average Bonchev–Trinajstić information content (AvgIpc) is 3.25. The van der Waals surface area contributed by atoms with Gasteiger partial charge in [0.2, 0.25) is 0 Å². The number of unbranched alkanes of at least 4 members (excludes halogenated alkanes) is 2. The fraction of sp³-hybridized carbons (Fsp3) is 0.467. The summed E-state index contributed by atoms with van der Waals surface area (Å²) in [4.78, 5) is 25.3. The van der Waals surface area contributed by atoms with Gasteiger partial charge in [0.15, 0.2) is 0 Å². The molecule has 4 rings (SSSR count). The molecule has 0 bridgehead atoms. The molecule has 2 heterocycles. The van der Waals surface area contributed by atoms with Crippen molar-refractivity contribution in [1.29, 1.82) is 0 Å². The van der Waals surface area contributed by atoms with Crippen LogP contribution in [0.3, 0.4) is 0 Å². The number of nitrogens with one attached hydrogen (secondary N) is 1. The van der Waals surface area contributed by atoms with E-state index in [0.717, 1.165) is 60.1 Å². The number of fused-ring (bicyclic) bond motifs is 1. The number of amides is 1. The maximum atomic E-state index is 13.3. The number of ether oxygens (including phenoxy) is 1. The standard InChI is InChI=1S/C30H40N4O2/c1-4-16-33(3)17-6-5-7-20-36-29-22-26(30(35)34-18-13-23(2)31-15-19-34)8-10-27(29)24-9-11-28-25(21-24)12-14-32-28/h8-12,14-15,21-23,32H,4-7,13,16-20H2,1-3H3/t23-/m0/s1. The molecule has 0 radical (unpaired) electrons. The lowest BCUT2D eigenvalue weighted by molar-refractivity contribution is 0.0780. The van der Waals surface area contributed by atoms with Crippen molar-refractivity contribution in [3.63, 3.8) is 0 Å². The predicted octanol–water partition coefficient (Wildman–Crippen LogP) is 6.03. The van der Waals surface area contributed by atoms with E-state index >= 15 is 0 Å². The first kappa shape index (κ1) is 26.0. The van der Waals surface area contributed by atoms with Gasteiger partial charge >= 0.3 is 0 Å². The van der Waals surface area contributed by atoms with Gasteiger partial charge in [0.1, 0.15) is 5.75 Å². The van der Waals surface area contributed by atoms with Crippen LogP contribution in [0.4, 0.5) is 0 Å². The lowest BCUT2D eigenvalue weighted by Crippen LogP contribution is -2.33. The third kappa shape index (κ3) is 6.76. The van der Waals surface area contributed by atoms with E-state index in [1.165, 1.54) is 12.8 Å². The molecule has 2 aromatic carbocycles. The number of nitrogens with zero attached hydrogens (tertiary/aromatic N) is 3. The smallest absolute Gasteiger partial charge is 0.254 e. The van der Waals surface area contributed by atoms with E-state index in [9.17, 15) is 4.79 Å². The lowest BCUT2D eigenvalue weighted by atomic mass is 10.0. The van der Waals surface area contributed by atoms with E-state index in [1.807, 2.05) is 35.5 Å². The van der Waals surface area contributed by atoms with Crippen molar-refractivity contribution in [3.8, 4) is 16.9 Å². The highest BCUT2D eigenvalue weighted by atomic mass is 16.5. The average molecular weight is 489 g/mol. The Kier molecular flexibility index (Phi) is 9.17. The van der Waals surface area contributed by atoms with Crippen molar-refractivity contribution in [2.45, 2.75) is 52.0 Å². The second kappa shape index (κ2) is 12.7. The normalized spacial score (nSPS) is 16.0. The summed E-state index contributed by atoms with van der Waals surface area (Å²) < 4.78 is 6.34. The Bertz CT molecular complexity index is 1170. The van der Waals surface area contributed by atoms with Crippen LogP contribution >= 0.6 is 0 Å². The van der Waals surface area contributed by atoms with Gasteiger partial charge in [-0.2, -0.15) is 0 Å². The summed E-state index contributed by atoms with van der Waals surface area (Å²) >= 11 is 0. The van der Waals surface area contributed by atoms with Gasteiger partial charge in [0, 0.05) is 41.6 Å². The Labute approximate surface area is 215 Å². The molecule has 6 nitrogen and oxygen atoms in total. The van der Waals surface area contributed by atoms with Crippen LogP contribution in [0, 0.1) is 0 Å². The molecule has 3 aromatic rings. The molecule has 1 N–H and O–H groups in total. The molecule has 0 saturated carbocycles. The number of aromatic nitrogens is 1. The maximum Gasteiger partial charge on any atom is 0.254 e. The van der Waals surface area contributed by atoms with E-state index in [0.29, 0.717) is 25.3 Å². The van der Waals surface area contributed by atoms with Gasteiger partial charge in [-0.3, -0.25) is 9.79 Å². The Morgan fingerprint density at radius 3 is 2.89 bits per heavy atom. The molecule has 192 valence electrons. The number of hydrogen-bond donors (Lipinski definition) is 1. The Morgan fingerprint density at radius 2 is 2.03 bits per heavy atom. The number of aromatic amines is 1.